The van der Waals surface area contributed by atoms with E-state index in [1.165, 1.54) is 39.0 Å². The van der Waals surface area contributed by atoms with E-state index in [9.17, 15) is 14.4 Å². The maximum atomic E-state index is 13.8. The second-order valence-corrected chi connectivity index (χ2v) is 11.9. The van der Waals surface area contributed by atoms with E-state index in [4.69, 9.17) is 9.84 Å². The molecule has 8 nitrogen and oxygen atoms in total. The van der Waals surface area contributed by atoms with Crippen molar-refractivity contribution in [2.75, 3.05) is 18.5 Å². The van der Waals surface area contributed by atoms with Gasteiger partial charge in [-0.1, -0.05) is 51.9 Å². The lowest BCUT2D eigenvalue weighted by molar-refractivity contribution is -0.141. The molecule has 0 spiro atoms. The highest BCUT2D eigenvalue weighted by Gasteiger charge is 2.41. The molecule has 2 aromatic rings. The number of Topliss-reactive ketones (excluding diaryl/α,β-unsaturated/α-hetero) is 2. The van der Waals surface area contributed by atoms with Gasteiger partial charge in [0.05, 0.1) is 11.6 Å². The van der Waals surface area contributed by atoms with E-state index in [0.717, 1.165) is 54.3 Å². The molecule has 2 aliphatic rings. The number of ketones is 2. The van der Waals surface area contributed by atoms with Crippen LogP contribution >= 0.6 is 0 Å². The van der Waals surface area contributed by atoms with E-state index >= 15 is 0 Å². The Balaban J connectivity index is 1.71. The summed E-state index contributed by atoms with van der Waals surface area (Å²) in [4.78, 5) is 41.2. The van der Waals surface area contributed by atoms with Crippen LogP contribution in [0.2, 0.25) is 0 Å². The smallest absolute Gasteiger partial charge is 0.245 e. The SMILES string of the molecule is CCC(=O)[C@@H]1[C@H]2CCN1C(=O)Cn1nc(C(C)=O)c3cc(NC(C)C)cc(c31)CCCCCCCCCCCO2. The molecule has 1 fully saturated rings. The number of fused-ring (bicyclic) bond motifs is 2. The van der Waals surface area contributed by atoms with Gasteiger partial charge in [-0.3, -0.25) is 19.1 Å². The summed E-state index contributed by atoms with van der Waals surface area (Å²) in [6, 6.07) is 3.83. The van der Waals surface area contributed by atoms with Crippen LogP contribution in [0.3, 0.4) is 0 Å². The van der Waals surface area contributed by atoms with Crippen LogP contribution in [-0.2, 0) is 27.3 Å². The Morgan fingerprint density at radius 1 is 1.05 bits per heavy atom. The molecule has 2 aliphatic heterocycles. The van der Waals surface area contributed by atoms with Gasteiger partial charge in [0.1, 0.15) is 18.3 Å². The van der Waals surface area contributed by atoms with E-state index < -0.39 is 6.04 Å². The predicted molar refractivity (Wildman–Crippen MR) is 159 cm³/mol. The number of hydrogen-bond acceptors (Lipinski definition) is 6. The van der Waals surface area contributed by atoms with Crippen molar-refractivity contribution in [3.8, 4) is 0 Å². The molecule has 1 saturated heterocycles. The molecule has 3 heterocycles. The van der Waals surface area contributed by atoms with Crippen molar-refractivity contribution in [1.82, 2.24) is 14.7 Å². The molecule has 1 amide bonds. The number of carbonyl (C=O) groups is 3. The van der Waals surface area contributed by atoms with E-state index in [1.54, 1.807) is 9.58 Å². The molecular formula is C32H48N4O4. The Hall–Kier alpha value is -2.74. The van der Waals surface area contributed by atoms with Crippen molar-refractivity contribution < 1.29 is 19.1 Å². The molecule has 0 radical (unpaired) electrons. The fourth-order valence-corrected chi connectivity index (χ4v) is 6.30. The molecule has 0 saturated carbocycles. The van der Waals surface area contributed by atoms with Crippen LogP contribution in [0.5, 0.6) is 0 Å². The van der Waals surface area contributed by atoms with Crippen molar-refractivity contribution in [2.24, 2.45) is 0 Å². The van der Waals surface area contributed by atoms with Crippen molar-refractivity contribution >= 4 is 34.1 Å². The highest BCUT2D eigenvalue weighted by Crippen LogP contribution is 2.31. The molecule has 1 aromatic heterocycles. The highest BCUT2D eigenvalue weighted by atomic mass is 16.5. The van der Waals surface area contributed by atoms with Crippen molar-refractivity contribution in [2.45, 2.75) is 129 Å². The maximum absolute atomic E-state index is 13.8. The van der Waals surface area contributed by atoms with Crippen LogP contribution in [-0.4, -0.2) is 63.5 Å². The number of aromatic nitrogens is 2. The van der Waals surface area contributed by atoms with Gasteiger partial charge in [-0.2, -0.15) is 5.10 Å². The Morgan fingerprint density at radius 3 is 2.38 bits per heavy atom. The summed E-state index contributed by atoms with van der Waals surface area (Å²) in [6.45, 7) is 8.68. The first-order chi connectivity index (χ1) is 19.3. The quantitative estimate of drug-likeness (QED) is 0.451. The van der Waals surface area contributed by atoms with Gasteiger partial charge >= 0.3 is 0 Å². The predicted octanol–water partition coefficient (Wildman–Crippen LogP) is 6.09. The lowest BCUT2D eigenvalue weighted by atomic mass is 10.00. The number of carbonyl (C=O) groups excluding carboxylic acids is 3. The van der Waals surface area contributed by atoms with Gasteiger partial charge < -0.3 is 15.0 Å². The lowest BCUT2D eigenvalue weighted by Crippen LogP contribution is -2.47. The molecule has 1 aromatic carbocycles. The number of nitrogens with one attached hydrogen (secondary N) is 1. The first kappa shape index (κ1) is 30.2. The van der Waals surface area contributed by atoms with Crippen LogP contribution in [0, 0.1) is 0 Å². The van der Waals surface area contributed by atoms with Gasteiger partial charge in [-0.15, -0.1) is 0 Å². The number of nitrogens with zero attached hydrogens (tertiary/aromatic N) is 3. The first-order valence-corrected chi connectivity index (χ1v) is 15.5. The largest absolute Gasteiger partial charge is 0.383 e. The van der Waals surface area contributed by atoms with Crippen LogP contribution in [0.1, 0.15) is 114 Å². The minimum Gasteiger partial charge on any atom is -0.383 e. The summed E-state index contributed by atoms with van der Waals surface area (Å²) in [5, 5.41) is 8.97. The molecule has 40 heavy (non-hydrogen) atoms. The van der Waals surface area contributed by atoms with Gasteiger partial charge in [-0.25, -0.2) is 0 Å². The third kappa shape index (κ3) is 7.31. The third-order valence-corrected chi connectivity index (χ3v) is 8.26. The zero-order valence-corrected chi connectivity index (χ0v) is 25.0. The molecule has 0 unspecified atom stereocenters. The molecule has 8 heteroatoms. The second-order valence-electron chi connectivity index (χ2n) is 11.9. The summed E-state index contributed by atoms with van der Waals surface area (Å²) in [6.07, 6.45) is 12.1. The second kappa shape index (κ2) is 14.2. The third-order valence-electron chi connectivity index (χ3n) is 8.26. The van der Waals surface area contributed by atoms with Gasteiger partial charge in [0.15, 0.2) is 11.6 Å². The molecule has 4 rings (SSSR count). The number of amides is 1. The summed E-state index contributed by atoms with van der Waals surface area (Å²) in [7, 11) is 0. The van der Waals surface area contributed by atoms with E-state index in [-0.39, 0.29) is 36.2 Å². The zero-order chi connectivity index (χ0) is 28.6. The van der Waals surface area contributed by atoms with E-state index in [1.807, 2.05) is 13.0 Å². The summed E-state index contributed by atoms with van der Waals surface area (Å²) < 4.78 is 7.92. The summed E-state index contributed by atoms with van der Waals surface area (Å²) in [5.74, 6) is -0.233. The average Bonchev–Trinajstić information content (AvgIpc) is 3.50. The monoisotopic (exact) mass is 552 g/mol. The maximum Gasteiger partial charge on any atom is 0.245 e. The molecular weight excluding hydrogens is 504 g/mol. The van der Waals surface area contributed by atoms with E-state index in [2.05, 4.69) is 25.2 Å². The van der Waals surface area contributed by atoms with Gasteiger partial charge in [-0.05, 0) is 57.2 Å². The molecule has 2 atom stereocenters. The Bertz CT molecular complexity index is 1190. The Morgan fingerprint density at radius 2 is 1.73 bits per heavy atom. The number of ether oxygens (including phenoxy) is 1. The number of benzene rings is 1. The molecule has 2 bridgehead atoms. The average molecular weight is 553 g/mol. The highest BCUT2D eigenvalue weighted by molar-refractivity contribution is 6.06. The minimum absolute atomic E-state index is 0.00600. The molecule has 0 aliphatic carbocycles. The first-order valence-electron chi connectivity index (χ1n) is 15.5. The van der Waals surface area contributed by atoms with Crippen LogP contribution in [0.25, 0.3) is 10.9 Å². The van der Waals surface area contributed by atoms with Gasteiger partial charge in [0.25, 0.3) is 0 Å². The number of aryl methyl sites for hydroxylation is 1. The van der Waals surface area contributed by atoms with Gasteiger partial charge in [0, 0.05) is 43.6 Å². The van der Waals surface area contributed by atoms with Crippen LogP contribution in [0.4, 0.5) is 5.69 Å². The Kier molecular flexibility index (Phi) is 10.8. The summed E-state index contributed by atoms with van der Waals surface area (Å²) >= 11 is 0. The molecule has 1 N–H and O–H groups in total. The normalized spacial score (nSPS) is 22.0. The van der Waals surface area contributed by atoms with E-state index in [0.29, 0.717) is 31.7 Å². The standard InChI is InChI=1S/C32H48N4O4/c1-5-27(38)32-28-16-17-35(32)29(39)21-36-31-24(15-13-11-9-7-6-8-10-12-14-18-40-28)19-25(33-22(2)3)20-26(31)30(34-36)23(4)37/h19-20,22,28,32-33H,5-18,21H2,1-4H3/t28-,32-/m1/s1. The zero-order valence-electron chi connectivity index (χ0n) is 25.0. The van der Waals surface area contributed by atoms with Crippen molar-refractivity contribution in [1.29, 1.82) is 0 Å². The summed E-state index contributed by atoms with van der Waals surface area (Å²) in [5.41, 5.74) is 3.31. The van der Waals surface area contributed by atoms with Crippen molar-refractivity contribution in [3.63, 3.8) is 0 Å². The number of anilines is 1. The fraction of sp³-hybridized carbons (Fsp3) is 0.688. The molecule has 220 valence electrons. The fourth-order valence-electron chi connectivity index (χ4n) is 6.30. The number of hydrogen-bond donors (Lipinski definition) is 1. The van der Waals surface area contributed by atoms with Gasteiger partial charge in [0.2, 0.25) is 5.91 Å². The van der Waals surface area contributed by atoms with Crippen LogP contribution in [0.15, 0.2) is 12.1 Å². The minimum atomic E-state index is -0.557. The lowest BCUT2D eigenvalue weighted by Gasteiger charge is -2.27. The Labute approximate surface area is 239 Å². The number of rotatable bonds is 5. The topological polar surface area (TPSA) is 93.5 Å². The van der Waals surface area contributed by atoms with Crippen LogP contribution < -0.4 is 5.32 Å². The van der Waals surface area contributed by atoms with Crippen molar-refractivity contribution in [3.05, 3.63) is 23.4 Å².